The summed E-state index contributed by atoms with van der Waals surface area (Å²) in [5.41, 5.74) is 6.04. The molecule has 0 aromatic carbocycles. The molecule has 0 aromatic heterocycles. The van der Waals surface area contributed by atoms with E-state index >= 15 is 0 Å². The molecule has 0 bridgehead atoms. The molecule has 1 fully saturated rings. The van der Waals surface area contributed by atoms with Crippen molar-refractivity contribution in [2.45, 2.75) is 18.9 Å². The zero-order valence-corrected chi connectivity index (χ0v) is 9.89. The number of nitrogens with zero attached hydrogens (tertiary/aromatic N) is 1. The Labute approximate surface area is 91.4 Å². The molecule has 0 saturated carbocycles. The van der Waals surface area contributed by atoms with Crippen LogP contribution in [0.3, 0.4) is 0 Å². The zero-order chi connectivity index (χ0) is 10.2. The van der Waals surface area contributed by atoms with Gasteiger partial charge in [-0.2, -0.15) is 11.8 Å². The van der Waals surface area contributed by atoms with Gasteiger partial charge >= 0.3 is 0 Å². The first-order valence-corrected chi connectivity index (χ1v) is 6.53. The molecule has 1 aliphatic heterocycles. The summed E-state index contributed by atoms with van der Waals surface area (Å²) in [6.07, 6.45) is 2.16. The topological polar surface area (TPSA) is 38.5 Å². The second-order valence-corrected chi connectivity index (χ2v) is 5.03. The largest absolute Gasteiger partial charge is 0.385 e. The number of hydrogen-bond acceptors (Lipinski definition) is 4. The third kappa shape index (κ3) is 5.20. The second-order valence-electron chi connectivity index (χ2n) is 3.81. The van der Waals surface area contributed by atoms with Crippen molar-refractivity contribution >= 4 is 11.8 Å². The molecular formula is C10H22N2OS. The molecule has 4 heteroatoms. The first-order chi connectivity index (χ1) is 6.83. The van der Waals surface area contributed by atoms with E-state index in [1.54, 1.807) is 7.11 Å². The van der Waals surface area contributed by atoms with E-state index in [1.165, 1.54) is 24.6 Å². The SMILES string of the molecule is COCCCC(N)CN1CCSCC1. The van der Waals surface area contributed by atoms with Gasteiger partial charge in [0.2, 0.25) is 0 Å². The van der Waals surface area contributed by atoms with Gasteiger partial charge in [-0.05, 0) is 12.8 Å². The van der Waals surface area contributed by atoms with Crippen molar-refractivity contribution in [1.82, 2.24) is 4.90 Å². The van der Waals surface area contributed by atoms with Crippen LogP contribution in [0.4, 0.5) is 0 Å². The normalized spacial score (nSPS) is 21.0. The molecule has 14 heavy (non-hydrogen) atoms. The molecule has 0 radical (unpaired) electrons. The maximum Gasteiger partial charge on any atom is 0.0462 e. The zero-order valence-electron chi connectivity index (χ0n) is 9.08. The fourth-order valence-corrected chi connectivity index (χ4v) is 2.68. The summed E-state index contributed by atoms with van der Waals surface area (Å²) in [7, 11) is 1.74. The molecule has 2 N–H and O–H groups in total. The Balaban J connectivity index is 2.03. The summed E-state index contributed by atoms with van der Waals surface area (Å²) in [5, 5.41) is 0. The Hall–Kier alpha value is 0.230. The summed E-state index contributed by atoms with van der Waals surface area (Å²) >= 11 is 2.04. The monoisotopic (exact) mass is 218 g/mol. The summed E-state index contributed by atoms with van der Waals surface area (Å²) in [6.45, 7) is 4.32. The third-order valence-electron chi connectivity index (χ3n) is 2.52. The summed E-state index contributed by atoms with van der Waals surface area (Å²) in [6, 6.07) is 0.327. The number of hydrogen-bond donors (Lipinski definition) is 1. The van der Waals surface area contributed by atoms with Crippen molar-refractivity contribution in [3.8, 4) is 0 Å². The number of thioether (sulfide) groups is 1. The van der Waals surface area contributed by atoms with Crippen LogP contribution in [0, 0.1) is 0 Å². The van der Waals surface area contributed by atoms with E-state index < -0.39 is 0 Å². The fraction of sp³-hybridized carbons (Fsp3) is 1.00. The van der Waals surface area contributed by atoms with Crippen LogP contribution in [0.1, 0.15) is 12.8 Å². The van der Waals surface area contributed by atoms with Crippen LogP contribution in [-0.4, -0.2) is 55.8 Å². The summed E-state index contributed by atoms with van der Waals surface area (Å²) in [5.74, 6) is 2.54. The molecule has 1 unspecified atom stereocenters. The van der Waals surface area contributed by atoms with E-state index in [0.717, 1.165) is 26.0 Å². The smallest absolute Gasteiger partial charge is 0.0462 e. The Bertz CT molecular complexity index is 140. The average molecular weight is 218 g/mol. The predicted octanol–water partition coefficient (Wildman–Crippen LogP) is 0.789. The second kappa shape index (κ2) is 7.51. The van der Waals surface area contributed by atoms with Crippen LogP contribution >= 0.6 is 11.8 Å². The highest BCUT2D eigenvalue weighted by Crippen LogP contribution is 2.09. The lowest BCUT2D eigenvalue weighted by molar-refractivity contribution is 0.186. The van der Waals surface area contributed by atoms with Crippen molar-refractivity contribution in [3.05, 3.63) is 0 Å². The van der Waals surface area contributed by atoms with Crippen LogP contribution < -0.4 is 5.73 Å². The van der Waals surface area contributed by atoms with Crippen LogP contribution in [0.2, 0.25) is 0 Å². The minimum atomic E-state index is 0.327. The predicted molar refractivity (Wildman–Crippen MR) is 62.9 cm³/mol. The minimum absolute atomic E-state index is 0.327. The highest BCUT2D eigenvalue weighted by atomic mass is 32.2. The van der Waals surface area contributed by atoms with Crippen molar-refractivity contribution < 1.29 is 4.74 Å². The molecule has 84 valence electrons. The highest BCUT2D eigenvalue weighted by molar-refractivity contribution is 7.99. The van der Waals surface area contributed by atoms with Gasteiger partial charge in [0.1, 0.15) is 0 Å². The average Bonchev–Trinajstić information content (AvgIpc) is 2.20. The fourth-order valence-electron chi connectivity index (χ4n) is 1.70. The van der Waals surface area contributed by atoms with Crippen molar-refractivity contribution in [3.63, 3.8) is 0 Å². The number of nitrogens with two attached hydrogens (primary N) is 1. The molecular weight excluding hydrogens is 196 g/mol. The van der Waals surface area contributed by atoms with E-state index in [0.29, 0.717) is 6.04 Å². The minimum Gasteiger partial charge on any atom is -0.385 e. The van der Waals surface area contributed by atoms with E-state index in [9.17, 15) is 0 Å². The molecule has 0 spiro atoms. The Morgan fingerprint density at radius 3 is 2.79 bits per heavy atom. The quantitative estimate of drug-likeness (QED) is 0.669. The molecule has 0 amide bonds. The third-order valence-corrected chi connectivity index (χ3v) is 3.46. The van der Waals surface area contributed by atoms with Crippen LogP contribution in [0.25, 0.3) is 0 Å². The lowest BCUT2D eigenvalue weighted by atomic mass is 10.1. The summed E-state index contributed by atoms with van der Waals surface area (Å²) in [4.78, 5) is 2.48. The first-order valence-electron chi connectivity index (χ1n) is 5.37. The van der Waals surface area contributed by atoms with Gasteiger partial charge in [0.25, 0.3) is 0 Å². The maximum atomic E-state index is 6.04. The van der Waals surface area contributed by atoms with Gasteiger partial charge in [-0.1, -0.05) is 0 Å². The van der Waals surface area contributed by atoms with Gasteiger partial charge in [-0.25, -0.2) is 0 Å². The number of ether oxygens (including phenoxy) is 1. The maximum absolute atomic E-state index is 6.04. The molecule has 1 rings (SSSR count). The van der Waals surface area contributed by atoms with Gasteiger partial charge < -0.3 is 15.4 Å². The highest BCUT2D eigenvalue weighted by Gasteiger charge is 2.13. The first kappa shape index (κ1) is 12.3. The molecule has 1 atom stereocenters. The van der Waals surface area contributed by atoms with Gasteiger partial charge in [-0.3, -0.25) is 0 Å². The van der Waals surface area contributed by atoms with E-state index in [4.69, 9.17) is 10.5 Å². The lowest BCUT2D eigenvalue weighted by Gasteiger charge is -2.28. The molecule has 1 aliphatic rings. The van der Waals surface area contributed by atoms with Crippen molar-refractivity contribution in [1.29, 1.82) is 0 Å². The van der Waals surface area contributed by atoms with E-state index in [2.05, 4.69) is 4.90 Å². The van der Waals surface area contributed by atoms with Crippen molar-refractivity contribution in [2.24, 2.45) is 5.73 Å². The van der Waals surface area contributed by atoms with Crippen molar-refractivity contribution in [2.75, 3.05) is 44.9 Å². The Morgan fingerprint density at radius 2 is 2.14 bits per heavy atom. The molecule has 0 aromatic rings. The lowest BCUT2D eigenvalue weighted by Crippen LogP contribution is -2.41. The molecule has 3 nitrogen and oxygen atoms in total. The van der Waals surface area contributed by atoms with Crippen LogP contribution in [0.5, 0.6) is 0 Å². The Kier molecular flexibility index (Phi) is 6.60. The molecule has 1 saturated heterocycles. The number of rotatable bonds is 6. The standard InChI is InChI=1S/C10H22N2OS/c1-13-6-2-3-10(11)9-12-4-7-14-8-5-12/h10H,2-9,11H2,1H3. The Morgan fingerprint density at radius 1 is 1.43 bits per heavy atom. The van der Waals surface area contributed by atoms with Crippen LogP contribution in [-0.2, 0) is 4.74 Å². The summed E-state index contributed by atoms with van der Waals surface area (Å²) < 4.78 is 5.01. The number of methoxy groups -OCH3 is 1. The molecule has 0 aliphatic carbocycles. The van der Waals surface area contributed by atoms with Crippen LogP contribution in [0.15, 0.2) is 0 Å². The van der Waals surface area contributed by atoms with Gasteiger partial charge in [0.05, 0.1) is 0 Å². The van der Waals surface area contributed by atoms with Gasteiger partial charge in [0.15, 0.2) is 0 Å². The van der Waals surface area contributed by atoms with Gasteiger partial charge in [0, 0.05) is 50.9 Å². The van der Waals surface area contributed by atoms with Gasteiger partial charge in [-0.15, -0.1) is 0 Å². The molecule has 1 heterocycles. The van der Waals surface area contributed by atoms with E-state index in [1.807, 2.05) is 11.8 Å². The van der Waals surface area contributed by atoms with E-state index in [-0.39, 0.29) is 0 Å².